The molecule has 11 heavy (non-hydrogen) atoms. The lowest BCUT2D eigenvalue weighted by Crippen LogP contribution is -2.31. The van der Waals surface area contributed by atoms with Crippen molar-refractivity contribution in [3.8, 4) is 0 Å². The Morgan fingerprint density at radius 1 is 1.45 bits per heavy atom. The molecule has 0 radical (unpaired) electrons. The Labute approximate surface area is 61.6 Å². The molecule has 4 nitrogen and oxygen atoms in total. The number of hydrogen-bond donors (Lipinski definition) is 1. The van der Waals surface area contributed by atoms with Crippen molar-refractivity contribution in [1.82, 2.24) is 4.72 Å². The SMILES string of the molecule is CCNS(=O)(=O)OC(F)(F)F. The van der Waals surface area contributed by atoms with E-state index in [0.29, 0.717) is 0 Å². The zero-order valence-corrected chi connectivity index (χ0v) is 6.29. The minimum absolute atomic E-state index is 0.154. The van der Waals surface area contributed by atoms with E-state index in [-0.39, 0.29) is 6.54 Å². The monoisotopic (exact) mass is 193 g/mol. The largest absolute Gasteiger partial charge is 0.538 e. The maximum atomic E-state index is 11.2. The van der Waals surface area contributed by atoms with Gasteiger partial charge < -0.3 is 0 Å². The second kappa shape index (κ2) is 3.37. The summed E-state index contributed by atoms with van der Waals surface area (Å²) in [5.41, 5.74) is 0. The fourth-order valence-electron chi connectivity index (χ4n) is 0.331. The molecule has 0 fully saturated rings. The van der Waals surface area contributed by atoms with Crippen LogP contribution in [0.15, 0.2) is 0 Å². The lowest BCUT2D eigenvalue weighted by Gasteiger charge is -2.06. The highest BCUT2D eigenvalue weighted by atomic mass is 32.2. The summed E-state index contributed by atoms with van der Waals surface area (Å²) in [7, 11) is -4.66. The number of nitrogens with one attached hydrogen (secondary N) is 1. The molecule has 0 aromatic carbocycles. The number of hydrogen-bond acceptors (Lipinski definition) is 3. The minimum atomic E-state index is -5.17. The summed E-state index contributed by atoms with van der Waals surface area (Å²) in [6.07, 6.45) is -5.17. The molecule has 8 heteroatoms. The fraction of sp³-hybridized carbons (Fsp3) is 1.00. The van der Waals surface area contributed by atoms with Crippen LogP contribution in [0, 0.1) is 0 Å². The van der Waals surface area contributed by atoms with Crippen molar-refractivity contribution in [2.75, 3.05) is 6.54 Å². The molecule has 0 atom stereocenters. The van der Waals surface area contributed by atoms with Crippen LogP contribution < -0.4 is 4.72 Å². The van der Waals surface area contributed by atoms with Crippen molar-refractivity contribution < 1.29 is 25.8 Å². The van der Waals surface area contributed by atoms with Crippen molar-refractivity contribution in [3.05, 3.63) is 0 Å². The third-order valence-electron chi connectivity index (χ3n) is 0.525. The number of rotatable bonds is 3. The first-order valence-electron chi connectivity index (χ1n) is 2.54. The van der Waals surface area contributed by atoms with Crippen LogP contribution >= 0.6 is 0 Å². The Bertz CT molecular complexity index is 208. The van der Waals surface area contributed by atoms with Crippen LogP contribution in [-0.4, -0.2) is 21.3 Å². The second-order valence-corrected chi connectivity index (χ2v) is 2.84. The molecule has 1 N–H and O–H groups in total. The van der Waals surface area contributed by atoms with Gasteiger partial charge in [-0.15, -0.1) is 13.2 Å². The highest BCUT2D eigenvalue weighted by Crippen LogP contribution is 2.18. The van der Waals surface area contributed by atoms with Crippen LogP contribution in [0.25, 0.3) is 0 Å². The van der Waals surface area contributed by atoms with Gasteiger partial charge in [0.05, 0.1) is 0 Å². The molecule has 0 bridgehead atoms. The van der Waals surface area contributed by atoms with Gasteiger partial charge in [0.1, 0.15) is 0 Å². The normalized spacial score (nSPS) is 13.5. The number of halogens is 3. The molecule has 0 aliphatic heterocycles. The second-order valence-electron chi connectivity index (χ2n) is 1.48. The topological polar surface area (TPSA) is 55.4 Å². The van der Waals surface area contributed by atoms with Gasteiger partial charge in [-0.05, 0) is 0 Å². The van der Waals surface area contributed by atoms with Crippen molar-refractivity contribution >= 4 is 10.3 Å². The summed E-state index contributed by atoms with van der Waals surface area (Å²) in [6.45, 7) is 1.18. The van der Waals surface area contributed by atoms with Gasteiger partial charge in [0.15, 0.2) is 0 Å². The standard InChI is InChI=1S/C3H6F3NO3S/c1-2-7-11(8,9)10-3(4,5)6/h7H,2H2,1H3. The average molecular weight is 193 g/mol. The summed E-state index contributed by atoms with van der Waals surface area (Å²) in [5, 5.41) is 0. The number of alkyl halides is 3. The van der Waals surface area contributed by atoms with Crippen LogP contribution in [0.3, 0.4) is 0 Å². The van der Waals surface area contributed by atoms with Crippen LogP contribution in [0.1, 0.15) is 6.92 Å². The summed E-state index contributed by atoms with van der Waals surface area (Å²) in [4.78, 5) is 0. The first kappa shape index (κ1) is 10.7. The first-order valence-corrected chi connectivity index (χ1v) is 3.94. The van der Waals surface area contributed by atoms with Gasteiger partial charge >= 0.3 is 16.7 Å². The van der Waals surface area contributed by atoms with Gasteiger partial charge in [0.25, 0.3) is 0 Å². The van der Waals surface area contributed by atoms with Crippen molar-refractivity contribution in [3.63, 3.8) is 0 Å². The molecule has 0 aliphatic carbocycles. The molecule has 0 aromatic heterocycles. The van der Waals surface area contributed by atoms with E-state index in [0.717, 1.165) is 0 Å². The summed E-state index contributed by atoms with van der Waals surface area (Å²) in [6, 6.07) is 0. The lowest BCUT2D eigenvalue weighted by molar-refractivity contribution is -0.272. The van der Waals surface area contributed by atoms with Crippen LogP contribution in [-0.2, 0) is 14.5 Å². The minimum Gasteiger partial charge on any atom is -0.192 e. The average Bonchev–Trinajstić information content (AvgIpc) is 1.55. The Balaban J connectivity index is 4.15. The Morgan fingerprint density at radius 2 is 1.91 bits per heavy atom. The molecule has 0 rings (SSSR count). The van der Waals surface area contributed by atoms with E-state index in [1.165, 1.54) is 11.6 Å². The van der Waals surface area contributed by atoms with E-state index in [4.69, 9.17) is 0 Å². The molecule has 0 saturated heterocycles. The third kappa shape index (κ3) is 6.07. The first-order chi connectivity index (χ1) is 4.77. The van der Waals surface area contributed by atoms with Gasteiger partial charge in [0, 0.05) is 6.54 Å². The predicted molar refractivity (Wildman–Crippen MR) is 29.7 cm³/mol. The zero-order chi connectivity index (χ0) is 9.12. The smallest absolute Gasteiger partial charge is 0.192 e. The van der Waals surface area contributed by atoms with Crippen molar-refractivity contribution in [2.45, 2.75) is 13.3 Å². The Kier molecular flexibility index (Phi) is 3.27. The van der Waals surface area contributed by atoms with Crippen LogP contribution in [0.5, 0.6) is 0 Å². The predicted octanol–water partition coefficient (Wildman–Crippen LogP) is 0.377. The maximum absolute atomic E-state index is 11.2. The zero-order valence-electron chi connectivity index (χ0n) is 5.47. The van der Waals surface area contributed by atoms with Gasteiger partial charge in [-0.3, -0.25) is 0 Å². The molecule has 0 spiro atoms. The molecule has 0 aliphatic rings. The van der Waals surface area contributed by atoms with Crippen molar-refractivity contribution in [2.24, 2.45) is 0 Å². The Hall–Kier alpha value is -0.340. The molecule has 68 valence electrons. The fourth-order valence-corrected chi connectivity index (χ4v) is 0.992. The lowest BCUT2D eigenvalue weighted by atomic mass is 10.8. The maximum Gasteiger partial charge on any atom is 0.538 e. The van der Waals surface area contributed by atoms with E-state index in [1.54, 1.807) is 0 Å². The Morgan fingerprint density at radius 3 is 2.18 bits per heavy atom. The van der Waals surface area contributed by atoms with E-state index >= 15 is 0 Å². The highest BCUT2D eigenvalue weighted by Gasteiger charge is 2.36. The summed E-state index contributed by atoms with van der Waals surface area (Å²) < 4.78 is 58.3. The van der Waals surface area contributed by atoms with Crippen molar-refractivity contribution in [1.29, 1.82) is 0 Å². The van der Waals surface area contributed by atoms with Gasteiger partial charge in [-0.25, -0.2) is 0 Å². The van der Waals surface area contributed by atoms with Crippen LogP contribution in [0.4, 0.5) is 13.2 Å². The van der Waals surface area contributed by atoms with Crippen LogP contribution in [0.2, 0.25) is 0 Å². The van der Waals surface area contributed by atoms with Gasteiger partial charge in [0.2, 0.25) is 0 Å². The molecule has 0 aromatic rings. The molecular formula is C3H6F3NO3S. The molecule has 0 unspecified atom stereocenters. The van der Waals surface area contributed by atoms with E-state index < -0.39 is 16.7 Å². The molecular weight excluding hydrogens is 187 g/mol. The molecule has 0 heterocycles. The quantitative estimate of drug-likeness (QED) is 0.704. The molecule has 0 amide bonds. The highest BCUT2D eigenvalue weighted by molar-refractivity contribution is 7.84. The molecule has 0 saturated carbocycles. The van der Waals surface area contributed by atoms with Gasteiger partial charge in [-0.2, -0.15) is 17.3 Å². The van der Waals surface area contributed by atoms with E-state index in [2.05, 4.69) is 4.18 Å². The summed E-state index contributed by atoms with van der Waals surface area (Å²) >= 11 is 0. The van der Waals surface area contributed by atoms with Gasteiger partial charge in [-0.1, -0.05) is 6.92 Å². The van der Waals surface area contributed by atoms with E-state index in [1.807, 2.05) is 0 Å². The third-order valence-corrected chi connectivity index (χ3v) is 1.58. The summed E-state index contributed by atoms with van der Waals surface area (Å²) in [5.74, 6) is 0. The van der Waals surface area contributed by atoms with E-state index in [9.17, 15) is 21.6 Å².